The molecule has 3 nitrogen and oxygen atoms in total. The predicted molar refractivity (Wildman–Crippen MR) is 78.6 cm³/mol. The number of hydrogen-bond acceptors (Lipinski definition) is 4. The number of nitrogens with one attached hydrogen (secondary N) is 1. The molecule has 1 aliphatic carbocycles. The van der Waals surface area contributed by atoms with Crippen LogP contribution in [0.5, 0.6) is 0 Å². The van der Waals surface area contributed by atoms with E-state index in [-0.39, 0.29) is 6.04 Å². The molecule has 1 unspecified atom stereocenters. The highest BCUT2D eigenvalue weighted by Crippen LogP contribution is 2.33. The van der Waals surface area contributed by atoms with Crippen molar-refractivity contribution in [2.24, 2.45) is 0 Å². The minimum Gasteiger partial charge on any atom is -0.304 e. The Bertz CT molecular complexity index is 555. The predicted octanol–water partition coefficient (Wildman–Crippen LogP) is 3.03. The molecule has 0 radical (unpaired) electrons. The number of hydrogen-bond donors (Lipinski definition) is 1. The first-order chi connectivity index (χ1) is 9.29. The maximum atomic E-state index is 4.86. The van der Waals surface area contributed by atoms with Crippen LogP contribution < -0.4 is 5.32 Å². The molecule has 0 bridgehead atoms. The molecule has 100 valence electrons. The number of pyridine rings is 1. The average Bonchev–Trinajstić information content (AvgIpc) is 2.97. The average molecular weight is 273 g/mol. The van der Waals surface area contributed by atoms with Crippen LogP contribution in [0.2, 0.25) is 0 Å². The summed E-state index contributed by atoms with van der Waals surface area (Å²) in [5.74, 6) is 0. The molecule has 2 heterocycles. The van der Waals surface area contributed by atoms with E-state index in [2.05, 4.69) is 30.2 Å². The fourth-order valence-electron chi connectivity index (χ4n) is 2.65. The van der Waals surface area contributed by atoms with E-state index >= 15 is 0 Å². The zero-order valence-corrected chi connectivity index (χ0v) is 12.3. The van der Waals surface area contributed by atoms with Crippen LogP contribution >= 0.6 is 11.3 Å². The quantitative estimate of drug-likeness (QED) is 0.930. The molecule has 0 saturated heterocycles. The highest BCUT2D eigenvalue weighted by molar-refractivity contribution is 7.11. The van der Waals surface area contributed by atoms with Gasteiger partial charge in [0.1, 0.15) is 5.01 Å². The molecule has 0 aromatic carbocycles. The largest absolute Gasteiger partial charge is 0.304 e. The van der Waals surface area contributed by atoms with Gasteiger partial charge in [-0.2, -0.15) is 0 Å². The van der Waals surface area contributed by atoms with E-state index < -0.39 is 0 Å². The molecule has 2 aromatic heterocycles. The van der Waals surface area contributed by atoms with Crippen molar-refractivity contribution in [1.82, 2.24) is 15.3 Å². The van der Waals surface area contributed by atoms with Gasteiger partial charge in [-0.1, -0.05) is 6.92 Å². The van der Waals surface area contributed by atoms with E-state index in [1.54, 1.807) is 0 Å². The second kappa shape index (κ2) is 5.39. The molecule has 0 aliphatic heterocycles. The number of aryl methyl sites for hydroxylation is 3. The van der Waals surface area contributed by atoms with E-state index in [1.165, 1.54) is 39.5 Å². The smallest absolute Gasteiger partial charge is 0.115 e. The topological polar surface area (TPSA) is 37.8 Å². The zero-order chi connectivity index (χ0) is 13.2. The van der Waals surface area contributed by atoms with Crippen LogP contribution in [0.3, 0.4) is 0 Å². The van der Waals surface area contributed by atoms with Crippen LogP contribution in [-0.4, -0.2) is 16.5 Å². The third kappa shape index (κ3) is 2.42. The summed E-state index contributed by atoms with van der Waals surface area (Å²) in [4.78, 5) is 10.6. The summed E-state index contributed by atoms with van der Waals surface area (Å²) in [6, 6.07) is 2.26. The summed E-state index contributed by atoms with van der Waals surface area (Å²) in [6.45, 7) is 5.21. The first kappa shape index (κ1) is 12.8. The summed E-state index contributed by atoms with van der Waals surface area (Å²) < 4.78 is 0. The van der Waals surface area contributed by atoms with E-state index in [0.717, 1.165) is 13.0 Å². The minimum absolute atomic E-state index is 0.189. The van der Waals surface area contributed by atoms with Crippen molar-refractivity contribution in [1.29, 1.82) is 0 Å². The Labute approximate surface area is 118 Å². The second-order valence-corrected chi connectivity index (χ2v) is 6.11. The van der Waals surface area contributed by atoms with Crippen molar-refractivity contribution in [2.75, 3.05) is 6.54 Å². The maximum Gasteiger partial charge on any atom is 0.115 e. The van der Waals surface area contributed by atoms with Crippen molar-refractivity contribution in [3.63, 3.8) is 0 Å². The van der Waals surface area contributed by atoms with Crippen LogP contribution in [0.4, 0.5) is 0 Å². The fraction of sp³-hybridized carbons (Fsp3) is 0.467. The summed E-state index contributed by atoms with van der Waals surface area (Å²) in [6.07, 6.45) is 7.44. The van der Waals surface area contributed by atoms with Crippen molar-refractivity contribution >= 4 is 11.3 Å². The Kier molecular flexibility index (Phi) is 3.62. The number of aromatic nitrogens is 2. The van der Waals surface area contributed by atoms with Gasteiger partial charge in [-0.3, -0.25) is 4.98 Å². The molecular weight excluding hydrogens is 254 g/mol. The van der Waals surface area contributed by atoms with E-state index in [1.807, 2.05) is 23.7 Å². The molecule has 0 saturated carbocycles. The van der Waals surface area contributed by atoms with Crippen LogP contribution in [0, 0.1) is 6.92 Å². The molecule has 3 rings (SSSR count). The molecule has 0 fully saturated rings. The Morgan fingerprint density at radius 3 is 3.05 bits per heavy atom. The summed E-state index contributed by atoms with van der Waals surface area (Å²) in [7, 11) is 0. The molecule has 19 heavy (non-hydrogen) atoms. The van der Waals surface area contributed by atoms with E-state index in [9.17, 15) is 0 Å². The second-order valence-electron chi connectivity index (χ2n) is 5.00. The Morgan fingerprint density at radius 1 is 1.42 bits per heavy atom. The van der Waals surface area contributed by atoms with Crippen LogP contribution in [0.15, 0.2) is 18.5 Å². The lowest BCUT2D eigenvalue weighted by Gasteiger charge is -2.17. The zero-order valence-electron chi connectivity index (χ0n) is 11.4. The first-order valence-corrected chi connectivity index (χ1v) is 7.73. The number of fused-ring (bicyclic) bond motifs is 1. The third-order valence-corrected chi connectivity index (χ3v) is 4.88. The summed E-state index contributed by atoms with van der Waals surface area (Å²) >= 11 is 1.87. The molecule has 1 aliphatic rings. The van der Waals surface area contributed by atoms with Gasteiger partial charge in [-0.05, 0) is 49.9 Å². The van der Waals surface area contributed by atoms with Gasteiger partial charge in [0.05, 0.1) is 11.7 Å². The lowest BCUT2D eigenvalue weighted by Crippen LogP contribution is -2.23. The summed E-state index contributed by atoms with van der Waals surface area (Å²) in [5, 5.41) is 4.75. The number of rotatable bonds is 4. The van der Waals surface area contributed by atoms with Crippen LogP contribution in [0.25, 0.3) is 0 Å². The lowest BCUT2D eigenvalue weighted by atomic mass is 10.0. The highest BCUT2D eigenvalue weighted by Gasteiger charge is 2.23. The van der Waals surface area contributed by atoms with Gasteiger partial charge in [0.2, 0.25) is 0 Å². The summed E-state index contributed by atoms with van der Waals surface area (Å²) in [5.41, 5.74) is 3.84. The van der Waals surface area contributed by atoms with Gasteiger partial charge in [-0.15, -0.1) is 11.3 Å². The maximum absolute atomic E-state index is 4.86. The Morgan fingerprint density at radius 2 is 2.32 bits per heavy atom. The minimum atomic E-state index is 0.189. The Hall–Kier alpha value is -1.26. The first-order valence-electron chi connectivity index (χ1n) is 6.92. The van der Waals surface area contributed by atoms with Crippen molar-refractivity contribution < 1.29 is 0 Å². The highest BCUT2D eigenvalue weighted by atomic mass is 32.1. The Balaban J connectivity index is 1.98. The SMILES string of the molecule is CCNC(c1nc2c(s1)CCC2)c1cnccc1C. The molecule has 2 aromatic rings. The standard InChI is InChI=1S/C15H19N3S/c1-3-17-14(11-9-16-8-7-10(11)2)15-18-12-5-4-6-13(12)19-15/h7-9,14,17H,3-6H2,1-2H3. The fourth-order valence-corrected chi connectivity index (χ4v) is 3.90. The van der Waals surface area contributed by atoms with Gasteiger partial charge < -0.3 is 5.32 Å². The van der Waals surface area contributed by atoms with Crippen LogP contribution in [-0.2, 0) is 12.8 Å². The lowest BCUT2D eigenvalue weighted by molar-refractivity contribution is 0.620. The van der Waals surface area contributed by atoms with Gasteiger partial charge in [0.15, 0.2) is 0 Å². The third-order valence-electron chi connectivity index (χ3n) is 3.66. The molecule has 4 heteroatoms. The molecule has 1 N–H and O–H groups in total. The van der Waals surface area contributed by atoms with Crippen molar-refractivity contribution in [3.8, 4) is 0 Å². The number of thiazole rings is 1. The monoisotopic (exact) mass is 273 g/mol. The van der Waals surface area contributed by atoms with E-state index in [4.69, 9.17) is 4.98 Å². The normalized spacial score (nSPS) is 15.5. The van der Waals surface area contributed by atoms with E-state index in [0.29, 0.717) is 0 Å². The molecular formula is C15H19N3S. The number of nitrogens with zero attached hydrogens (tertiary/aromatic N) is 2. The molecule has 0 amide bonds. The van der Waals surface area contributed by atoms with Crippen molar-refractivity contribution in [3.05, 3.63) is 45.2 Å². The van der Waals surface area contributed by atoms with Crippen molar-refractivity contribution in [2.45, 2.75) is 39.2 Å². The van der Waals surface area contributed by atoms with Gasteiger partial charge >= 0.3 is 0 Å². The molecule has 1 atom stereocenters. The van der Waals surface area contributed by atoms with Gasteiger partial charge in [-0.25, -0.2) is 4.98 Å². The molecule has 0 spiro atoms. The van der Waals surface area contributed by atoms with Crippen LogP contribution in [0.1, 0.15) is 46.1 Å². The van der Waals surface area contributed by atoms with Gasteiger partial charge in [0.25, 0.3) is 0 Å². The van der Waals surface area contributed by atoms with Gasteiger partial charge in [0, 0.05) is 17.3 Å².